The van der Waals surface area contributed by atoms with Crippen molar-refractivity contribution >= 4 is 17.1 Å². The van der Waals surface area contributed by atoms with Crippen molar-refractivity contribution in [3.8, 4) is 5.75 Å². The van der Waals surface area contributed by atoms with Crippen LogP contribution in [0.2, 0.25) is 0 Å². The second-order valence-corrected chi connectivity index (χ2v) is 10.1. The van der Waals surface area contributed by atoms with Gasteiger partial charge in [0.15, 0.2) is 5.65 Å². The molecule has 1 aliphatic carbocycles. The number of amides is 1. The lowest BCUT2D eigenvalue weighted by Crippen LogP contribution is -2.38. The van der Waals surface area contributed by atoms with E-state index in [1.54, 1.807) is 11.1 Å². The summed E-state index contributed by atoms with van der Waals surface area (Å²) in [7, 11) is 0. The molecule has 1 aromatic carbocycles. The van der Waals surface area contributed by atoms with Gasteiger partial charge in [-0.05, 0) is 87.3 Å². The minimum atomic E-state index is -4.77. The standard InChI is InChI=1S/C26H29F3N4O3/c1-25(35)11-6-17(7-12-25)22-31-21-20(8-13-30-23(21)32-22)16-9-14-33(15-10-16)24(34)18-2-4-19(5-3-18)36-26(27,28)29/h2-5,8,13,16-17,35H,6-7,9-12,14-15H2,1H3,(H,30,31,32). The lowest BCUT2D eigenvalue weighted by atomic mass is 9.80. The molecule has 1 aliphatic heterocycles. The number of fused-ring (bicyclic) bond motifs is 1. The van der Waals surface area contributed by atoms with Crippen molar-refractivity contribution in [3.63, 3.8) is 0 Å². The van der Waals surface area contributed by atoms with Crippen molar-refractivity contribution in [2.75, 3.05) is 13.1 Å². The van der Waals surface area contributed by atoms with Crippen LogP contribution in [0.3, 0.4) is 0 Å². The van der Waals surface area contributed by atoms with Gasteiger partial charge in [0.2, 0.25) is 0 Å². The SMILES string of the molecule is CC1(O)CCC(c2nc3c(C4CCN(C(=O)c5ccc(OC(F)(F)F)cc5)CC4)ccnc3[nH]2)CC1. The van der Waals surface area contributed by atoms with Crippen LogP contribution in [0.1, 0.15) is 79.0 Å². The van der Waals surface area contributed by atoms with Gasteiger partial charge in [0.05, 0.1) is 5.60 Å². The summed E-state index contributed by atoms with van der Waals surface area (Å²) in [5.74, 6) is 0.870. The van der Waals surface area contributed by atoms with Crippen molar-refractivity contribution in [1.29, 1.82) is 0 Å². The number of H-pyrrole nitrogens is 1. The molecule has 2 aliphatic rings. The second-order valence-electron chi connectivity index (χ2n) is 10.1. The molecule has 2 fully saturated rings. The lowest BCUT2D eigenvalue weighted by molar-refractivity contribution is -0.274. The number of hydrogen-bond acceptors (Lipinski definition) is 5. The van der Waals surface area contributed by atoms with Crippen LogP contribution in [0.5, 0.6) is 5.75 Å². The van der Waals surface area contributed by atoms with Crippen LogP contribution in [0.4, 0.5) is 13.2 Å². The molecule has 5 rings (SSSR count). The molecule has 2 aromatic heterocycles. The molecule has 0 atom stereocenters. The van der Waals surface area contributed by atoms with E-state index in [-0.39, 0.29) is 23.5 Å². The van der Waals surface area contributed by atoms with E-state index in [1.165, 1.54) is 12.1 Å². The lowest BCUT2D eigenvalue weighted by Gasteiger charge is -2.32. The van der Waals surface area contributed by atoms with Crippen LogP contribution >= 0.6 is 0 Å². The Morgan fingerprint density at radius 2 is 1.75 bits per heavy atom. The number of rotatable bonds is 4. The third-order valence-electron chi connectivity index (χ3n) is 7.44. The minimum Gasteiger partial charge on any atom is -0.406 e. The molecular weight excluding hydrogens is 473 g/mol. The summed E-state index contributed by atoms with van der Waals surface area (Å²) in [5, 5.41) is 10.3. The number of nitrogens with one attached hydrogen (secondary N) is 1. The first-order chi connectivity index (χ1) is 17.1. The molecule has 10 heteroatoms. The summed E-state index contributed by atoms with van der Waals surface area (Å²) in [6, 6.07) is 7.03. The quantitative estimate of drug-likeness (QED) is 0.506. The van der Waals surface area contributed by atoms with Gasteiger partial charge in [0, 0.05) is 30.8 Å². The minimum absolute atomic E-state index is 0.206. The number of ether oxygens (including phenoxy) is 1. The zero-order chi connectivity index (χ0) is 25.5. The van der Waals surface area contributed by atoms with Crippen LogP contribution < -0.4 is 4.74 Å². The fraction of sp³-hybridized carbons (Fsp3) is 0.500. The first kappa shape index (κ1) is 24.5. The molecule has 0 bridgehead atoms. The number of piperidine rings is 1. The van der Waals surface area contributed by atoms with Crippen LogP contribution in [-0.2, 0) is 0 Å². The van der Waals surface area contributed by atoms with E-state index in [9.17, 15) is 23.1 Å². The third kappa shape index (κ3) is 5.33. The molecule has 0 unspecified atom stereocenters. The first-order valence-electron chi connectivity index (χ1n) is 12.3. The molecule has 0 radical (unpaired) electrons. The number of hydrogen-bond donors (Lipinski definition) is 2. The number of alkyl halides is 3. The van der Waals surface area contributed by atoms with Gasteiger partial charge in [-0.15, -0.1) is 13.2 Å². The Labute approximate surface area is 206 Å². The number of aliphatic hydroxyl groups is 1. The van der Waals surface area contributed by atoms with Gasteiger partial charge in [0.1, 0.15) is 17.1 Å². The number of carbonyl (C=O) groups excluding carboxylic acids is 1. The normalized spacial score (nSPS) is 23.7. The van der Waals surface area contributed by atoms with Gasteiger partial charge in [-0.2, -0.15) is 0 Å². The highest BCUT2D eigenvalue weighted by Gasteiger charge is 2.33. The molecule has 3 heterocycles. The maximum absolute atomic E-state index is 12.9. The number of imidazole rings is 1. The number of halogens is 3. The fourth-order valence-corrected chi connectivity index (χ4v) is 5.36. The van der Waals surface area contributed by atoms with E-state index in [0.29, 0.717) is 18.7 Å². The number of nitrogens with zero attached hydrogens (tertiary/aromatic N) is 3. The Hall–Kier alpha value is -3.14. The van der Waals surface area contributed by atoms with Crippen molar-refractivity contribution in [2.45, 2.75) is 69.2 Å². The summed E-state index contributed by atoms with van der Waals surface area (Å²) in [4.78, 5) is 27.4. The van der Waals surface area contributed by atoms with Crippen molar-refractivity contribution in [3.05, 3.63) is 53.5 Å². The van der Waals surface area contributed by atoms with E-state index in [0.717, 1.165) is 73.2 Å². The topological polar surface area (TPSA) is 91.3 Å². The number of likely N-dealkylation sites (tertiary alicyclic amines) is 1. The summed E-state index contributed by atoms with van der Waals surface area (Å²) >= 11 is 0. The van der Waals surface area contributed by atoms with Gasteiger partial charge in [-0.1, -0.05) is 0 Å². The molecular formula is C26H29F3N4O3. The highest BCUT2D eigenvalue weighted by molar-refractivity contribution is 5.94. The highest BCUT2D eigenvalue weighted by atomic mass is 19.4. The van der Waals surface area contributed by atoms with Crippen LogP contribution in [-0.4, -0.2) is 55.9 Å². The summed E-state index contributed by atoms with van der Waals surface area (Å²) in [6.07, 6.45) is 1.80. The Bertz CT molecular complexity index is 1220. The summed E-state index contributed by atoms with van der Waals surface area (Å²) < 4.78 is 41.0. The van der Waals surface area contributed by atoms with E-state index in [4.69, 9.17) is 4.98 Å². The van der Waals surface area contributed by atoms with Crippen molar-refractivity contribution in [2.24, 2.45) is 0 Å². The number of pyridine rings is 1. The Morgan fingerprint density at radius 3 is 2.39 bits per heavy atom. The molecule has 2 N–H and O–H groups in total. The number of aromatic amines is 1. The molecule has 1 amide bonds. The smallest absolute Gasteiger partial charge is 0.406 e. The van der Waals surface area contributed by atoms with Crippen LogP contribution in [0.15, 0.2) is 36.5 Å². The van der Waals surface area contributed by atoms with Crippen molar-refractivity contribution in [1.82, 2.24) is 19.9 Å². The molecule has 1 saturated heterocycles. The van der Waals surface area contributed by atoms with Gasteiger partial charge in [-0.3, -0.25) is 4.79 Å². The number of carbonyl (C=O) groups is 1. The summed E-state index contributed by atoms with van der Waals surface area (Å²) in [5.41, 5.74) is 2.48. The molecule has 3 aromatic rings. The monoisotopic (exact) mass is 502 g/mol. The molecule has 7 nitrogen and oxygen atoms in total. The number of benzene rings is 1. The van der Waals surface area contributed by atoms with Gasteiger partial charge >= 0.3 is 6.36 Å². The van der Waals surface area contributed by atoms with Crippen molar-refractivity contribution < 1.29 is 27.8 Å². The average molecular weight is 503 g/mol. The third-order valence-corrected chi connectivity index (χ3v) is 7.44. The fourth-order valence-electron chi connectivity index (χ4n) is 5.36. The van der Waals surface area contributed by atoms with Gasteiger partial charge < -0.3 is 19.7 Å². The van der Waals surface area contributed by atoms with E-state index in [1.807, 2.05) is 13.0 Å². The van der Waals surface area contributed by atoms with Gasteiger partial charge in [-0.25, -0.2) is 9.97 Å². The molecule has 36 heavy (non-hydrogen) atoms. The van der Waals surface area contributed by atoms with Crippen LogP contribution in [0, 0.1) is 0 Å². The Morgan fingerprint density at radius 1 is 1.08 bits per heavy atom. The molecule has 0 spiro atoms. The molecule has 1 saturated carbocycles. The van der Waals surface area contributed by atoms with E-state index in [2.05, 4.69) is 14.7 Å². The molecule has 192 valence electrons. The van der Waals surface area contributed by atoms with E-state index < -0.39 is 12.0 Å². The maximum atomic E-state index is 12.9. The Balaban J connectivity index is 1.24. The summed E-state index contributed by atoms with van der Waals surface area (Å²) in [6.45, 7) is 2.97. The van der Waals surface area contributed by atoms with E-state index >= 15 is 0 Å². The van der Waals surface area contributed by atoms with Gasteiger partial charge in [0.25, 0.3) is 5.91 Å². The Kier molecular flexibility index (Phi) is 6.40. The number of aromatic nitrogens is 3. The predicted molar refractivity (Wildman–Crippen MR) is 127 cm³/mol. The second kappa shape index (κ2) is 9.38. The zero-order valence-corrected chi connectivity index (χ0v) is 20.0. The highest BCUT2D eigenvalue weighted by Crippen LogP contribution is 2.38. The zero-order valence-electron chi connectivity index (χ0n) is 20.0. The largest absolute Gasteiger partial charge is 0.573 e. The average Bonchev–Trinajstić information content (AvgIpc) is 3.28. The van der Waals surface area contributed by atoms with Crippen LogP contribution in [0.25, 0.3) is 11.2 Å². The first-order valence-corrected chi connectivity index (χ1v) is 12.3. The maximum Gasteiger partial charge on any atom is 0.573 e. The predicted octanol–water partition coefficient (Wildman–Crippen LogP) is 5.28.